The van der Waals surface area contributed by atoms with E-state index in [0.717, 1.165) is 24.1 Å². The van der Waals surface area contributed by atoms with Gasteiger partial charge >= 0.3 is 0 Å². The van der Waals surface area contributed by atoms with Gasteiger partial charge < -0.3 is 30.9 Å². The first-order valence-corrected chi connectivity index (χ1v) is 18.8. The summed E-state index contributed by atoms with van der Waals surface area (Å²) >= 11 is 0. The van der Waals surface area contributed by atoms with Crippen molar-refractivity contribution in [1.29, 1.82) is 0 Å². The number of Topliss-reactive ketones (excluding diaryl/α,β-unsaturated/α-hetero) is 1. The number of aryl methyl sites for hydroxylation is 1. The molecular formula is C41H61N5O6. The molecule has 3 rings (SSSR count). The van der Waals surface area contributed by atoms with Gasteiger partial charge in [0.15, 0.2) is 5.78 Å². The van der Waals surface area contributed by atoms with Gasteiger partial charge in [0, 0.05) is 12.8 Å². The first-order chi connectivity index (χ1) is 24.7. The second kappa shape index (κ2) is 20.8. The minimum absolute atomic E-state index is 0.0267. The van der Waals surface area contributed by atoms with Crippen LogP contribution in [0.2, 0.25) is 0 Å². The van der Waals surface area contributed by atoms with Gasteiger partial charge in [-0.15, -0.1) is 0 Å². The highest BCUT2D eigenvalue weighted by Gasteiger charge is 2.50. The van der Waals surface area contributed by atoms with Crippen LogP contribution >= 0.6 is 0 Å². The van der Waals surface area contributed by atoms with Gasteiger partial charge in [0.05, 0.1) is 12.6 Å². The predicted molar refractivity (Wildman–Crippen MR) is 203 cm³/mol. The van der Waals surface area contributed by atoms with Crippen LogP contribution < -0.4 is 21.3 Å². The number of hydrogen-bond donors (Lipinski definition) is 4. The van der Waals surface area contributed by atoms with Gasteiger partial charge in [-0.25, -0.2) is 0 Å². The smallest absolute Gasteiger partial charge is 0.243 e. The van der Waals surface area contributed by atoms with Gasteiger partial charge in [-0.1, -0.05) is 88.4 Å². The van der Waals surface area contributed by atoms with Crippen molar-refractivity contribution in [3.63, 3.8) is 0 Å². The second-order valence-electron chi connectivity index (χ2n) is 15.4. The largest absolute Gasteiger partial charge is 0.361 e. The lowest BCUT2D eigenvalue weighted by Gasteiger charge is -2.28. The summed E-state index contributed by atoms with van der Waals surface area (Å²) in [7, 11) is 3.97. The molecular weight excluding hydrogens is 658 g/mol. The molecule has 1 fully saturated rings. The molecule has 1 saturated heterocycles. The highest BCUT2D eigenvalue weighted by molar-refractivity contribution is 5.98. The molecule has 11 heteroatoms. The number of unbranched alkanes of at least 4 members (excludes halogenated alkanes) is 1. The summed E-state index contributed by atoms with van der Waals surface area (Å²) < 4.78 is 5.41. The number of benzene rings is 2. The molecule has 1 aliphatic heterocycles. The van der Waals surface area contributed by atoms with E-state index in [1.54, 1.807) is 6.92 Å². The van der Waals surface area contributed by atoms with E-state index in [9.17, 15) is 24.0 Å². The molecule has 0 saturated carbocycles. The topological polar surface area (TPSA) is 149 Å². The molecule has 0 radical (unpaired) electrons. The predicted octanol–water partition coefficient (Wildman–Crippen LogP) is 3.98. The van der Waals surface area contributed by atoms with Crippen molar-refractivity contribution >= 4 is 29.4 Å². The molecule has 1 aliphatic rings. The first kappa shape index (κ1) is 42.3. The van der Waals surface area contributed by atoms with Crippen LogP contribution in [0.4, 0.5) is 0 Å². The molecule has 2 aromatic rings. The van der Waals surface area contributed by atoms with Crippen LogP contribution in [0.15, 0.2) is 60.7 Å². The van der Waals surface area contributed by atoms with E-state index >= 15 is 0 Å². The Morgan fingerprint density at radius 3 is 1.75 bits per heavy atom. The number of carbonyl (C=O) groups excluding carboxylic acids is 5. The monoisotopic (exact) mass is 719 g/mol. The number of nitrogens with one attached hydrogen (secondary N) is 4. The zero-order valence-electron chi connectivity index (χ0n) is 32.2. The molecule has 3 unspecified atom stereocenters. The molecule has 52 heavy (non-hydrogen) atoms. The molecule has 0 bridgehead atoms. The maximum absolute atomic E-state index is 14.1. The van der Waals surface area contributed by atoms with E-state index < -0.39 is 47.5 Å². The van der Waals surface area contributed by atoms with E-state index in [1.807, 2.05) is 102 Å². The van der Waals surface area contributed by atoms with Crippen molar-refractivity contribution in [1.82, 2.24) is 26.2 Å². The van der Waals surface area contributed by atoms with E-state index in [1.165, 1.54) is 0 Å². The van der Waals surface area contributed by atoms with Crippen molar-refractivity contribution in [2.75, 3.05) is 27.2 Å². The third-order valence-corrected chi connectivity index (χ3v) is 9.17. The lowest BCUT2D eigenvalue weighted by molar-refractivity contribution is -0.135. The molecule has 1 heterocycles. The van der Waals surface area contributed by atoms with Crippen molar-refractivity contribution < 1.29 is 28.7 Å². The van der Waals surface area contributed by atoms with Crippen LogP contribution in [-0.4, -0.2) is 91.3 Å². The van der Waals surface area contributed by atoms with Gasteiger partial charge in [-0.3, -0.25) is 24.0 Å². The maximum Gasteiger partial charge on any atom is 0.243 e. The summed E-state index contributed by atoms with van der Waals surface area (Å²) in [5.74, 6) is -1.71. The average molecular weight is 720 g/mol. The van der Waals surface area contributed by atoms with Crippen LogP contribution in [0.5, 0.6) is 0 Å². The number of epoxide rings is 1. The second-order valence-corrected chi connectivity index (χ2v) is 15.4. The van der Waals surface area contributed by atoms with E-state index in [0.29, 0.717) is 45.1 Å². The third-order valence-electron chi connectivity index (χ3n) is 9.17. The van der Waals surface area contributed by atoms with E-state index in [4.69, 9.17) is 4.74 Å². The Balaban J connectivity index is 1.80. The Kier molecular flexibility index (Phi) is 16.9. The highest BCUT2D eigenvalue weighted by atomic mass is 16.6. The molecule has 0 spiro atoms. The number of nitrogens with zero attached hydrogens (tertiary/aromatic N) is 1. The Labute approximate surface area is 310 Å². The molecule has 4 amide bonds. The van der Waals surface area contributed by atoms with Crippen LogP contribution in [0.3, 0.4) is 0 Å². The van der Waals surface area contributed by atoms with E-state index in [2.05, 4.69) is 26.2 Å². The van der Waals surface area contributed by atoms with Crippen LogP contribution in [0, 0.1) is 11.8 Å². The van der Waals surface area contributed by atoms with Gasteiger partial charge in [0.1, 0.15) is 23.7 Å². The minimum Gasteiger partial charge on any atom is -0.361 e. The number of carbonyl (C=O) groups is 5. The fraction of sp³-hybridized carbons (Fsp3) is 0.585. The zero-order chi connectivity index (χ0) is 38.3. The average Bonchev–Trinajstić information content (AvgIpc) is 3.85. The van der Waals surface area contributed by atoms with Crippen molar-refractivity contribution in [2.45, 2.75) is 116 Å². The van der Waals surface area contributed by atoms with Crippen molar-refractivity contribution in [3.8, 4) is 0 Å². The van der Waals surface area contributed by atoms with Crippen LogP contribution in [0.1, 0.15) is 84.3 Å². The van der Waals surface area contributed by atoms with E-state index in [-0.39, 0.29) is 29.9 Å². The zero-order valence-corrected chi connectivity index (χ0v) is 32.2. The lowest BCUT2D eigenvalue weighted by Crippen LogP contribution is -2.59. The normalized spacial score (nSPS) is 17.6. The summed E-state index contributed by atoms with van der Waals surface area (Å²) in [4.78, 5) is 70.3. The highest BCUT2D eigenvalue weighted by Crippen LogP contribution is 2.29. The molecule has 2 aromatic carbocycles. The lowest BCUT2D eigenvalue weighted by atomic mass is 9.93. The summed E-state index contributed by atoms with van der Waals surface area (Å²) in [6, 6.07) is 15.4. The number of rotatable bonds is 23. The quantitative estimate of drug-likeness (QED) is 0.100. The SMILES string of the molecule is CC(C)CC(NC(=O)[C@H](CCc1ccccc1)NC(=O)CCCCN(C)C)C(=O)N[C@@H](Cc1ccccc1)C(=O)NC(CC(C)C)C(=O)C1(C)CO1. The molecule has 4 N–H and O–H groups in total. The standard InChI is InChI=1S/C41H61N5O6/c1-28(2)24-33(37(48)41(5)27-52-41)43-40(51)35(26-31-18-12-9-13-19-31)45-39(50)34(25-29(3)4)44-38(49)32(22-21-30-16-10-8-11-17-30)42-36(47)20-14-15-23-46(6)7/h8-13,16-19,28-29,32-35H,14-15,20-27H2,1-7H3,(H,42,47)(H,43,51)(H,44,49)(H,45,50)/t32-,33?,34?,35-,41?/m0/s1. The molecule has 0 aromatic heterocycles. The summed E-state index contributed by atoms with van der Waals surface area (Å²) in [6.45, 7) is 10.7. The van der Waals surface area contributed by atoms with Gasteiger partial charge in [-0.2, -0.15) is 0 Å². The first-order valence-electron chi connectivity index (χ1n) is 18.8. The molecule has 11 nitrogen and oxygen atoms in total. The van der Waals surface area contributed by atoms with Crippen LogP contribution in [-0.2, 0) is 41.6 Å². The molecule has 5 atom stereocenters. The Morgan fingerprint density at radius 1 is 0.692 bits per heavy atom. The molecule has 0 aliphatic carbocycles. The number of ether oxygens (including phenoxy) is 1. The van der Waals surface area contributed by atoms with Crippen molar-refractivity contribution in [3.05, 3.63) is 71.8 Å². The summed E-state index contributed by atoms with van der Waals surface area (Å²) in [6.07, 6.45) is 3.66. The molecule has 286 valence electrons. The maximum atomic E-state index is 14.1. The fourth-order valence-electron chi connectivity index (χ4n) is 6.11. The number of hydrogen-bond acceptors (Lipinski definition) is 7. The third kappa shape index (κ3) is 14.9. The minimum atomic E-state index is -1.02. The van der Waals surface area contributed by atoms with Gasteiger partial charge in [-0.05, 0) is 89.1 Å². The Morgan fingerprint density at radius 2 is 1.19 bits per heavy atom. The fourth-order valence-corrected chi connectivity index (χ4v) is 6.11. The van der Waals surface area contributed by atoms with Gasteiger partial charge in [0.2, 0.25) is 23.6 Å². The number of ketones is 1. The van der Waals surface area contributed by atoms with Gasteiger partial charge in [0.25, 0.3) is 0 Å². The summed E-state index contributed by atoms with van der Waals surface area (Å²) in [5.41, 5.74) is 0.935. The Hall–Kier alpha value is -4.09. The number of amides is 4. The summed E-state index contributed by atoms with van der Waals surface area (Å²) in [5, 5.41) is 11.7. The Bertz CT molecular complexity index is 1440. The van der Waals surface area contributed by atoms with Crippen molar-refractivity contribution in [2.24, 2.45) is 11.8 Å². The van der Waals surface area contributed by atoms with Crippen LogP contribution in [0.25, 0.3) is 0 Å².